The standard InChI is InChI=1S/C43H79O11P/c1-4-5-20-26-36(44)30-31-39-38(40(45)32-41(39)46)27-22-18-19-23-28-42(47)52-33-37(34-53-55(49,50)51)54-43(48)29-24-17-15-13-11-9-7-6-8-10-12-14-16-21-25-35(2)3/h30-31,35-40,44-45H,4-29,32-34H2,1-3H3,(H2,49,50,51)/b31-30+/t36-,37+,38+,39+,40-/m0/s1. The summed E-state index contributed by atoms with van der Waals surface area (Å²) in [5.41, 5.74) is 0. The van der Waals surface area contributed by atoms with Gasteiger partial charge in [0.2, 0.25) is 0 Å². The molecule has 55 heavy (non-hydrogen) atoms. The Labute approximate surface area is 333 Å². The van der Waals surface area contributed by atoms with Crippen LogP contribution in [-0.2, 0) is 32.9 Å². The van der Waals surface area contributed by atoms with Crippen LogP contribution in [0, 0.1) is 17.8 Å². The van der Waals surface area contributed by atoms with Crippen LogP contribution < -0.4 is 0 Å². The second kappa shape index (κ2) is 32.3. The SMILES string of the molecule is CCCCC[C@H](O)/C=C/[C@H]1C(=O)C[C@H](O)[C@@H]1CCCCCCC(=O)OC[C@H](COP(=O)(O)O)OC(=O)CCCCCCCCCCCCCCCCC(C)C. The molecule has 0 saturated heterocycles. The summed E-state index contributed by atoms with van der Waals surface area (Å²) < 4.78 is 26.4. The number of aliphatic hydroxyl groups is 2. The van der Waals surface area contributed by atoms with Crippen LogP contribution in [0.25, 0.3) is 0 Å². The van der Waals surface area contributed by atoms with Crippen molar-refractivity contribution in [3.05, 3.63) is 12.2 Å². The number of phosphoric ester groups is 1. The average Bonchev–Trinajstić information content (AvgIpc) is 3.39. The molecule has 1 aliphatic rings. The fourth-order valence-electron chi connectivity index (χ4n) is 7.29. The van der Waals surface area contributed by atoms with Crippen molar-refractivity contribution >= 4 is 25.5 Å². The number of hydrogen-bond acceptors (Lipinski definition) is 9. The summed E-state index contributed by atoms with van der Waals surface area (Å²) in [6.45, 7) is 5.73. The average molecular weight is 803 g/mol. The van der Waals surface area contributed by atoms with Gasteiger partial charge in [-0.05, 0) is 37.5 Å². The maximum atomic E-state index is 12.5. The molecule has 0 unspecified atom stereocenters. The minimum absolute atomic E-state index is 0.00231. The molecule has 0 heterocycles. The Bertz CT molecular complexity index is 1070. The van der Waals surface area contributed by atoms with Crippen LogP contribution >= 0.6 is 7.82 Å². The molecular formula is C43H79O11P. The third-order valence-corrected chi connectivity index (χ3v) is 11.1. The smallest absolute Gasteiger partial charge is 0.462 e. The second-order valence-corrected chi connectivity index (χ2v) is 17.5. The van der Waals surface area contributed by atoms with Crippen LogP contribution in [-0.4, -0.2) is 69.2 Å². The largest absolute Gasteiger partial charge is 0.469 e. The van der Waals surface area contributed by atoms with E-state index in [2.05, 4.69) is 25.3 Å². The normalized spacial score (nSPS) is 18.7. The van der Waals surface area contributed by atoms with Crippen molar-refractivity contribution in [1.29, 1.82) is 0 Å². The van der Waals surface area contributed by atoms with E-state index in [1.165, 1.54) is 70.6 Å². The lowest BCUT2D eigenvalue weighted by atomic mass is 9.88. The molecule has 1 fully saturated rings. The van der Waals surface area contributed by atoms with Crippen LogP contribution in [0.4, 0.5) is 0 Å². The highest BCUT2D eigenvalue weighted by molar-refractivity contribution is 7.46. The van der Waals surface area contributed by atoms with Crippen LogP contribution in [0.15, 0.2) is 12.2 Å². The Balaban J connectivity index is 2.22. The first-order valence-electron chi connectivity index (χ1n) is 21.9. The van der Waals surface area contributed by atoms with Gasteiger partial charge in [-0.1, -0.05) is 161 Å². The Morgan fingerprint density at radius 3 is 1.80 bits per heavy atom. The Hall–Kier alpha value is -1.62. The number of phosphoric acid groups is 1. The Morgan fingerprint density at radius 2 is 1.25 bits per heavy atom. The van der Waals surface area contributed by atoms with Gasteiger partial charge in [-0.2, -0.15) is 0 Å². The van der Waals surface area contributed by atoms with Gasteiger partial charge in [-0.25, -0.2) is 4.57 Å². The van der Waals surface area contributed by atoms with Crippen LogP contribution in [0.2, 0.25) is 0 Å². The number of esters is 2. The van der Waals surface area contributed by atoms with E-state index < -0.39 is 44.7 Å². The maximum absolute atomic E-state index is 12.5. The number of allylic oxidation sites excluding steroid dienone is 1. The van der Waals surface area contributed by atoms with Crippen molar-refractivity contribution in [3.63, 3.8) is 0 Å². The van der Waals surface area contributed by atoms with Crippen LogP contribution in [0.5, 0.6) is 0 Å². The molecule has 12 heteroatoms. The number of ether oxygens (including phenoxy) is 2. The van der Waals surface area contributed by atoms with Gasteiger partial charge < -0.3 is 29.5 Å². The lowest BCUT2D eigenvalue weighted by molar-refractivity contribution is -0.161. The zero-order valence-electron chi connectivity index (χ0n) is 34.7. The van der Waals surface area contributed by atoms with E-state index in [0.29, 0.717) is 25.7 Å². The lowest BCUT2D eigenvalue weighted by Crippen LogP contribution is -2.29. The monoisotopic (exact) mass is 803 g/mol. The topological polar surface area (TPSA) is 177 Å². The molecule has 0 aliphatic heterocycles. The zero-order chi connectivity index (χ0) is 40.7. The van der Waals surface area contributed by atoms with E-state index in [9.17, 15) is 29.2 Å². The molecule has 4 N–H and O–H groups in total. The number of carbonyl (C=O) groups is 3. The van der Waals surface area contributed by atoms with Gasteiger partial charge in [0, 0.05) is 25.2 Å². The molecule has 1 aliphatic carbocycles. The molecule has 0 radical (unpaired) electrons. The Kier molecular flexibility index (Phi) is 30.2. The summed E-state index contributed by atoms with van der Waals surface area (Å²) in [6.07, 6.45) is 27.0. The van der Waals surface area contributed by atoms with Crippen molar-refractivity contribution < 1.29 is 52.9 Å². The highest BCUT2D eigenvalue weighted by Crippen LogP contribution is 2.36. The molecule has 0 bridgehead atoms. The number of carbonyl (C=O) groups excluding carboxylic acids is 3. The van der Waals surface area contributed by atoms with Gasteiger partial charge in [-0.15, -0.1) is 0 Å². The number of unbranched alkanes of at least 4 members (excludes halogenated alkanes) is 18. The molecule has 0 aromatic heterocycles. The van der Waals surface area contributed by atoms with E-state index in [1.807, 2.05) is 0 Å². The number of hydrogen-bond donors (Lipinski definition) is 4. The molecule has 1 rings (SSSR count). The zero-order valence-corrected chi connectivity index (χ0v) is 35.6. The third kappa shape index (κ3) is 29.3. The summed E-state index contributed by atoms with van der Waals surface area (Å²) in [5.74, 6) is -0.783. The molecule has 5 atom stereocenters. The van der Waals surface area contributed by atoms with E-state index in [1.54, 1.807) is 12.2 Å². The highest BCUT2D eigenvalue weighted by atomic mass is 31.2. The van der Waals surface area contributed by atoms with Gasteiger partial charge in [-0.3, -0.25) is 18.9 Å². The number of rotatable bonds is 36. The molecule has 322 valence electrons. The minimum Gasteiger partial charge on any atom is -0.462 e. The summed E-state index contributed by atoms with van der Waals surface area (Å²) in [6, 6.07) is 0. The fourth-order valence-corrected chi connectivity index (χ4v) is 7.65. The minimum atomic E-state index is -4.81. The van der Waals surface area contributed by atoms with Crippen molar-refractivity contribution in [3.8, 4) is 0 Å². The van der Waals surface area contributed by atoms with Gasteiger partial charge >= 0.3 is 19.8 Å². The van der Waals surface area contributed by atoms with Crippen molar-refractivity contribution in [1.82, 2.24) is 0 Å². The molecule has 0 aromatic carbocycles. The predicted molar refractivity (Wildman–Crippen MR) is 217 cm³/mol. The highest BCUT2D eigenvalue weighted by Gasteiger charge is 2.39. The van der Waals surface area contributed by atoms with Crippen molar-refractivity contribution in [2.75, 3.05) is 13.2 Å². The first-order valence-corrected chi connectivity index (χ1v) is 23.5. The van der Waals surface area contributed by atoms with Gasteiger partial charge in [0.25, 0.3) is 0 Å². The van der Waals surface area contributed by atoms with E-state index >= 15 is 0 Å². The summed E-state index contributed by atoms with van der Waals surface area (Å²) in [5, 5.41) is 20.7. The first-order chi connectivity index (χ1) is 26.3. The van der Waals surface area contributed by atoms with E-state index in [0.717, 1.165) is 63.7 Å². The number of aliphatic hydroxyl groups excluding tert-OH is 2. The molecule has 0 spiro atoms. The summed E-state index contributed by atoms with van der Waals surface area (Å²) >= 11 is 0. The van der Waals surface area contributed by atoms with Gasteiger partial charge in [0.15, 0.2) is 6.10 Å². The fraction of sp³-hybridized carbons (Fsp3) is 0.884. The lowest BCUT2D eigenvalue weighted by Gasteiger charge is -2.19. The molecule has 1 saturated carbocycles. The van der Waals surface area contributed by atoms with E-state index in [-0.39, 0.29) is 43.5 Å². The third-order valence-electron chi connectivity index (χ3n) is 10.6. The van der Waals surface area contributed by atoms with Gasteiger partial charge in [0.05, 0.1) is 18.8 Å². The molecule has 0 amide bonds. The summed E-state index contributed by atoms with van der Waals surface area (Å²) in [7, 11) is -4.81. The molecule has 11 nitrogen and oxygen atoms in total. The van der Waals surface area contributed by atoms with Crippen LogP contribution in [0.1, 0.15) is 194 Å². The number of Topliss-reactive ketones (excluding diaryl/α,β-unsaturated/α-hetero) is 1. The van der Waals surface area contributed by atoms with Crippen molar-refractivity contribution in [2.45, 2.75) is 212 Å². The Morgan fingerprint density at radius 1 is 0.745 bits per heavy atom. The van der Waals surface area contributed by atoms with E-state index in [4.69, 9.17) is 19.3 Å². The van der Waals surface area contributed by atoms with Crippen molar-refractivity contribution in [2.24, 2.45) is 17.8 Å². The van der Waals surface area contributed by atoms with Gasteiger partial charge in [0.1, 0.15) is 12.4 Å². The predicted octanol–water partition coefficient (Wildman–Crippen LogP) is 9.85. The summed E-state index contributed by atoms with van der Waals surface area (Å²) in [4.78, 5) is 55.6. The maximum Gasteiger partial charge on any atom is 0.469 e. The second-order valence-electron chi connectivity index (χ2n) is 16.3. The quantitative estimate of drug-likeness (QED) is 0.0205. The molecular weight excluding hydrogens is 723 g/mol. The van der Waals surface area contributed by atoms with Crippen LogP contribution in [0.3, 0.4) is 0 Å². The number of ketones is 1. The first kappa shape index (κ1) is 51.4. The molecule has 0 aromatic rings.